The molecule has 10 heteroatoms. The number of aromatic amines is 1. The van der Waals surface area contributed by atoms with Crippen molar-refractivity contribution < 1.29 is 0 Å². The average molecular weight is 347 g/mol. The maximum Gasteiger partial charge on any atom is 0.329 e. The lowest BCUT2D eigenvalue weighted by molar-refractivity contribution is 0.327. The Bertz CT molecular complexity index is 800. The van der Waals surface area contributed by atoms with Crippen molar-refractivity contribution in [2.45, 2.75) is 0 Å². The SMILES string of the molecule is Cn1c(C=NN(CCCl)CCCl)nc2c1c(=O)[nH]c(=O)n2C. The average Bonchev–Trinajstić information content (AvgIpc) is 2.80. The van der Waals surface area contributed by atoms with E-state index in [0.717, 1.165) is 0 Å². The van der Waals surface area contributed by atoms with Crippen LogP contribution in [-0.2, 0) is 14.1 Å². The van der Waals surface area contributed by atoms with E-state index in [1.807, 2.05) is 0 Å². The lowest BCUT2D eigenvalue weighted by Crippen LogP contribution is -2.29. The summed E-state index contributed by atoms with van der Waals surface area (Å²) in [4.78, 5) is 30.0. The standard InChI is InChI=1S/C12H16Cl2N6O2/c1-18-8(7-15-20(5-3-13)6-4-14)16-10-9(18)11(21)17-12(22)19(10)2/h7H,3-6H2,1-2H3,(H,17,21,22). The summed E-state index contributed by atoms with van der Waals surface area (Å²) in [5, 5.41) is 5.98. The van der Waals surface area contributed by atoms with Crippen LogP contribution in [0.25, 0.3) is 11.2 Å². The van der Waals surface area contributed by atoms with Crippen LogP contribution in [0.3, 0.4) is 0 Å². The largest absolute Gasteiger partial charge is 0.329 e. The maximum atomic E-state index is 11.9. The van der Waals surface area contributed by atoms with Gasteiger partial charge in [-0.1, -0.05) is 0 Å². The van der Waals surface area contributed by atoms with Crippen molar-refractivity contribution in [2.75, 3.05) is 24.8 Å². The van der Waals surface area contributed by atoms with Gasteiger partial charge in [0.05, 0.1) is 6.21 Å². The van der Waals surface area contributed by atoms with E-state index in [0.29, 0.717) is 41.8 Å². The number of hydrazone groups is 1. The molecule has 0 bridgehead atoms. The zero-order chi connectivity index (χ0) is 16.3. The molecule has 2 rings (SSSR count). The highest BCUT2D eigenvalue weighted by Crippen LogP contribution is 2.07. The molecule has 1 N–H and O–H groups in total. The molecule has 0 spiro atoms. The van der Waals surface area contributed by atoms with Crippen LogP contribution in [0.4, 0.5) is 0 Å². The molecule has 0 saturated carbocycles. The van der Waals surface area contributed by atoms with Gasteiger partial charge in [-0.15, -0.1) is 23.2 Å². The van der Waals surface area contributed by atoms with Crippen LogP contribution in [0.2, 0.25) is 0 Å². The van der Waals surface area contributed by atoms with E-state index in [1.54, 1.807) is 23.7 Å². The Kier molecular flexibility index (Phi) is 5.25. The number of aromatic nitrogens is 4. The van der Waals surface area contributed by atoms with Crippen LogP contribution in [0.1, 0.15) is 5.82 Å². The van der Waals surface area contributed by atoms with Crippen molar-refractivity contribution in [3.63, 3.8) is 0 Å². The zero-order valence-electron chi connectivity index (χ0n) is 12.2. The minimum Gasteiger partial charge on any atom is -0.320 e. The van der Waals surface area contributed by atoms with Crippen molar-refractivity contribution >= 4 is 40.6 Å². The number of nitrogens with zero attached hydrogens (tertiary/aromatic N) is 5. The highest BCUT2D eigenvalue weighted by Gasteiger charge is 2.13. The minimum absolute atomic E-state index is 0.305. The fourth-order valence-electron chi connectivity index (χ4n) is 2.00. The van der Waals surface area contributed by atoms with Gasteiger partial charge in [-0.3, -0.25) is 19.4 Å². The summed E-state index contributed by atoms with van der Waals surface area (Å²) in [6, 6.07) is 0. The molecule has 0 unspecified atom stereocenters. The first kappa shape index (κ1) is 16.6. The predicted molar refractivity (Wildman–Crippen MR) is 87.2 cm³/mol. The first-order valence-corrected chi connectivity index (χ1v) is 7.63. The molecule has 0 radical (unpaired) electrons. The topological polar surface area (TPSA) is 88.3 Å². The number of aryl methyl sites for hydroxylation is 2. The summed E-state index contributed by atoms with van der Waals surface area (Å²) < 4.78 is 2.86. The minimum atomic E-state index is -0.509. The molecule has 8 nitrogen and oxygen atoms in total. The molecule has 0 fully saturated rings. The van der Waals surface area contributed by atoms with E-state index in [1.165, 1.54) is 10.8 Å². The fourth-order valence-corrected chi connectivity index (χ4v) is 2.39. The molecule has 0 aromatic carbocycles. The monoisotopic (exact) mass is 346 g/mol. The Hall–Kier alpha value is -1.80. The molecular formula is C12H16Cl2N6O2. The molecule has 0 aliphatic rings. The Morgan fingerprint density at radius 1 is 1.23 bits per heavy atom. The van der Waals surface area contributed by atoms with Crippen molar-refractivity contribution in [3.05, 3.63) is 26.7 Å². The number of hydrogen-bond donors (Lipinski definition) is 1. The number of imidazole rings is 1. The van der Waals surface area contributed by atoms with Crippen LogP contribution in [0, 0.1) is 0 Å². The number of H-pyrrole nitrogens is 1. The highest BCUT2D eigenvalue weighted by molar-refractivity contribution is 6.18. The van der Waals surface area contributed by atoms with Gasteiger partial charge >= 0.3 is 5.69 Å². The van der Waals surface area contributed by atoms with Gasteiger partial charge < -0.3 is 4.57 Å². The van der Waals surface area contributed by atoms with Crippen molar-refractivity contribution in [2.24, 2.45) is 19.2 Å². The van der Waals surface area contributed by atoms with Gasteiger partial charge in [0.2, 0.25) is 0 Å². The molecular weight excluding hydrogens is 331 g/mol. The van der Waals surface area contributed by atoms with Crippen molar-refractivity contribution in [1.29, 1.82) is 0 Å². The molecule has 120 valence electrons. The predicted octanol–water partition coefficient (Wildman–Crippen LogP) is 0.0738. The molecule has 0 atom stereocenters. The van der Waals surface area contributed by atoms with Gasteiger partial charge in [0, 0.05) is 38.9 Å². The van der Waals surface area contributed by atoms with Crippen molar-refractivity contribution in [3.8, 4) is 0 Å². The van der Waals surface area contributed by atoms with E-state index in [9.17, 15) is 9.59 Å². The number of alkyl halides is 2. The van der Waals surface area contributed by atoms with Crippen LogP contribution < -0.4 is 11.2 Å². The number of halogens is 2. The second-order valence-electron chi connectivity index (χ2n) is 4.60. The third-order valence-electron chi connectivity index (χ3n) is 3.19. The quantitative estimate of drug-likeness (QED) is 0.455. The van der Waals surface area contributed by atoms with Crippen LogP contribution in [-0.4, -0.2) is 55.2 Å². The zero-order valence-corrected chi connectivity index (χ0v) is 13.7. The Labute approximate surface area is 136 Å². The molecule has 0 aliphatic heterocycles. The first-order chi connectivity index (χ1) is 10.5. The second kappa shape index (κ2) is 6.97. The van der Waals surface area contributed by atoms with Crippen molar-refractivity contribution in [1.82, 2.24) is 24.1 Å². The van der Waals surface area contributed by atoms with E-state index in [4.69, 9.17) is 23.2 Å². The first-order valence-electron chi connectivity index (χ1n) is 6.56. The maximum absolute atomic E-state index is 11.9. The molecule has 2 aromatic heterocycles. The van der Waals surface area contributed by atoms with Crippen LogP contribution in [0.15, 0.2) is 14.7 Å². The molecule has 0 saturated heterocycles. The normalized spacial score (nSPS) is 11.6. The number of nitrogens with one attached hydrogen (secondary N) is 1. The molecule has 22 heavy (non-hydrogen) atoms. The summed E-state index contributed by atoms with van der Waals surface area (Å²) in [7, 11) is 3.23. The van der Waals surface area contributed by atoms with E-state index < -0.39 is 11.2 Å². The summed E-state index contributed by atoms with van der Waals surface area (Å²) in [5.74, 6) is 1.30. The molecule has 2 aromatic rings. The van der Waals surface area contributed by atoms with Crippen LogP contribution >= 0.6 is 23.2 Å². The summed E-state index contributed by atoms with van der Waals surface area (Å²) in [6.45, 7) is 1.10. The molecule has 0 amide bonds. The van der Waals surface area contributed by atoms with Gasteiger partial charge in [-0.2, -0.15) is 5.10 Å². The number of fused-ring (bicyclic) bond motifs is 1. The lowest BCUT2D eigenvalue weighted by atomic mass is 10.5. The third kappa shape index (κ3) is 3.17. The number of hydrogen-bond acceptors (Lipinski definition) is 5. The molecule has 2 heterocycles. The Balaban J connectivity index is 2.47. The summed E-state index contributed by atoms with van der Waals surface area (Å²) in [5.41, 5.74) is -0.375. The fraction of sp³-hybridized carbons (Fsp3) is 0.500. The van der Waals surface area contributed by atoms with E-state index in [2.05, 4.69) is 15.1 Å². The summed E-state index contributed by atoms with van der Waals surface area (Å²) >= 11 is 11.4. The van der Waals surface area contributed by atoms with Gasteiger partial charge in [0.15, 0.2) is 17.0 Å². The van der Waals surface area contributed by atoms with Gasteiger partial charge in [0.1, 0.15) is 0 Å². The Morgan fingerprint density at radius 2 is 1.86 bits per heavy atom. The van der Waals surface area contributed by atoms with E-state index in [-0.39, 0.29) is 0 Å². The van der Waals surface area contributed by atoms with Gasteiger partial charge in [-0.05, 0) is 0 Å². The third-order valence-corrected chi connectivity index (χ3v) is 3.53. The lowest BCUT2D eigenvalue weighted by Gasteiger charge is -2.15. The van der Waals surface area contributed by atoms with Gasteiger partial charge in [0.25, 0.3) is 5.56 Å². The molecule has 0 aliphatic carbocycles. The van der Waals surface area contributed by atoms with Gasteiger partial charge in [-0.25, -0.2) is 9.78 Å². The van der Waals surface area contributed by atoms with E-state index >= 15 is 0 Å². The Morgan fingerprint density at radius 3 is 2.45 bits per heavy atom. The van der Waals surface area contributed by atoms with Crippen LogP contribution in [0.5, 0.6) is 0 Å². The summed E-state index contributed by atoms with van der Waals surface area (Å²) in [6.07, 6.45) is 1.52. The second-order valence-corrected chi connectivity index (χ2v) is 5.35. The highest BCUT2D eigenvalue weighted by atomic mass is 35.5. The number of rotatable bonds is 6. The smallest absolute Gasteiger partial charge is 0.320 e.